The second-order valence-corrected chi connectivity index (χ2v) is 9.48. The quantitative estimate of drug-likeness (QED) is 0.235. The zero-order chi connectivity index (χ0) is 27.9. The second-order valence-electron chi connectivity index (χ2n) is 9.48. The maximum absolute atomic E-state index is 13.1. The van der Waals surface area contributed by atoms with Crippen LogP contribution in [0.3, 0.4) is 0 Å². The van der Waals surface area contributed by atoms with Gasteiger partial charge in [-0.25, -0.2) is 4.79 Å². The highest BCUT2D eigenvalue weighted by Gasteiger charge is 2.29. The van der Waals surface area contributed by atoms with Crippen molar-refractivity contribution in [3.63, 3.8) is 0 Å². The Balaban J connectivity index is 0.00000441. The predicted molar refractivity (Wildman–Crippen MR) is 151 cm³/mol. The third-order valence-corrected chi connectivity index (χ3v) is 6.83. The Kier molecular flexibility index (Phi) is 10.7. The maximum Gasteiger partial charge on any atom is 0.338 e. The maximum atomic E-state index is 13.1. The molecule has 0 saturated carbocycles. The molecule has 212 valence electrons. The largest absolute Gasteiger partial charge is 0.508 e. The van der Waals surface area contributed by atoms with E-state index in [0.717, 1.165) is 18.5 Å². The Morgan fingerprint density at radius 2 is 1.60 bits per heavy atom. The van der Waals surface area contributed by atoms with Crippen molar-refractivity contribution in [3.05, 3.63) is 94.5 Å². The van der Waals surface area contributed by atoms with Crippen LogP contribution in [0.2, 0.25) is 0 Å². The van der Waals surface area contributed by atoms with E-state index in [0.29, 0.717) is 24.1 Å². The first kappa shape index (κ1) is 30.6. The summed E-state index contributed by atoms with van der Waals surface area (Å²) in [6, 6.07) is 16.3. The molecule has 1 saturated heterocycles. The molecule has 4 rings (SSSR count). The molecular formula is C30H33ClN2O7. The lowest BCUT2D eigenvalue weighted by Gasteiger charge is -2.26. The predicted octanol–water partition coefficient (Wildman–Crippen LogP) is 4.17. The fraction of sp³-hybridized carbons (Fsp3) is 0.300. The number of hydrogen-bond donors (Lipinski definition) is 4. The van der Waals surface area contributed by atoms with Gasteiger partial charge in [0.1, 0.15) is 17.6 Å². The lowest BCUT2D eigenvalue weighted by atomic mass is 9.98. The minimum atomic E-state index is -0.566. The zero-order valence-corrected chi connectivity index (χ0v) is 23.1. The number of aromatic hydroxyl groups is 2. The van der Waals surface area contributed by atoms with E-state index in [4.69, 9.17) is 9.47 Å². The molecule has 1 heterocycles. The highest BCUT2D eigenvalue weighted by Crippen LogP contribution is 2.26. The molecule has 10 heteroatoms. The summed E-state index contributed by atoms with van der Waals surface area (Å²) >= 11 is 0. The van der Waals surface area contributed by atoms with Gasteiger partial charge >= 0.3 is 5.97 Å². The second kappa shape index (κ2) is 13.9. The van der Waals surface area contributed by atoms with Crippen molar-refractivity contribution >= 4 is 30.1 Å². The van der Waals surface area contributed by atoms with Gasteiger partial charge in [0.15, 0.2) is 5.78 Å². The number of phenolic OH excluding ortho intramolecular Hbond substituents is 2. The van der Waals surface area contributed by atoms with Gasteiger partial charge in [0.25, 0.3) is 5.91 Å². The molecule has 0 aromatic heterocycles. The van der Waals surface area contributed by atoms with Gasteiger partial charge in [-0.05, 0) is 80.4 Å². The molecule has 1 aliphatic rings. The normalized spacial score (nSPS) is 17.6. The van der Waals surface area contributed by atoms with Gasteiger partial charge in [0, 0.05) is 24.8 Å². The lowest BCUT2D eigenvalue weighted by Crippen LogP contribution is -2.49. The topological polar surface area (TPSA) is 134 Å². The van der Waals surface area contributed by atoms with Crippen molar-refractivity contribution in [2.45, 2.75) is 38.0 Å². The molecule has 0 bridgehead atoms. The third kappa shape index (κ3) is 7.38. The lowest BCUT2D eigenvalue weighted by molar-refractivity contribution is 0.0192. The number of carbonyl (C=O) groups excluding carboxylic acids is 3. The van der Waals surface area contributed by atoms with E-state index in [1.165, 1.54) is 54.6 Å². The molecule has 0 aliphatic carbocycles. The van der Waals surface area contributed by atoms with E-state index in [-0.39, 0.29) is 52.8 Å². The summed E-state index contributed by atoms with van der Waals surface area (Å²) in [6.07, 6.45) is 0.521. The highest BCUT2D eigenvalue weighted by atomic mass is 35.5. The molecule has 1 amide bonds. The number of rotatable bonds is 8. The van der Waals surface area contributed by atoms with Crippen molar-refractivity contribution in [2.75, 3.05) is 20.2 Å². The van der Waals surface area contributed by atoms with Crippen molar-refractivity contribution in [1.29, 1.82) is 0 Å². The van der Waals surface area contributed by atoms with Crippen LogP contribution in [0.1, 0.15) is 68.1 Å². The molecule has 3 atom stereocenters. The van der Waals surface area contributed by atoms with E-state index in [1.54, 1.807) is 19.2 Å². The van der Waals surface area contributed by atoms with Crippen LogP contribution in [0, 0.1) is 0 Å². The Bertz CT molecular complexity index is 1330. The van der Waals surface area contributed by atoms with Crippen LogP contribution in [-0.4, -0.2) is 60.2 Å². The average Bonchev–Trinajstić information content (AvgIpc) is 3.17. The van der Waals surface area contributed by atoms with Crippen LogP contribution in [0.4, 0.5) is 0 Å². The van der Waals surface area contributed by atoms with Gasteiger partial charge in [0.2, 0.25) is 0 Å². The van der Waals surface area contributed by atoms with Crippen molar-refractivity contribution in [1.82, 2.24) is 10.6 Å². The number of carbonyl (C=O) groups is 3. The smallest absolute Gasteiger partial charge is 0.338 e. The van der Waals surface area contributed by atoms with Crippen molar-refractivity contribution in [3.8, 4) is 11.5 Å². The minimum absolute atomic E-state index is 0. The number of benzene rings is 3. The Hall–Kier alpha value is -3.92. The van der Waals surface area contributed by atoms with E-state index in [2.05, 4.69) is 10.6 Å². The number of esters is 1. The van der Waals surface area contributed by atoms with E-state index in [9.17, 15) is 24.6 Å². The number of halogens is 1. The van der Waals surface area contributed by atoms with Crippen molar-refractivity contribution < 1.29 is 34.1 Å². The van der Waals surface area contributed by atoms with Gasteiger partial charge in [-0.3, -0.25) is 9.59 Å². The molecule has 9 nitrogen and oxygen atoms in total. The van der Waals surface area contributed by atoms with Crippen LogP contribution in [0.15, 0.2) is 66.7 Å². The number of methoxy groups -OCH3 is 1. The van der Waals surface area contributed by atoms with E-state index < -0.39 is 18.1 Å². The summed E-state index contributed by atoms with van der Waals surface area (Å²) in [5.74, 6) is -1.36. The SMILES string of the molecule is COC(C)c1ccc(O)c(C(=O)c2ccc(C(=O)O[C@@H]3CCCNC[C@H]3NC(=O)c3ccc(O)cc3)cc2)c1.Cl. The number of hydrogen-bond acceptors (Lipinski definition) is 8. The standard InChI is InChI=1S/C30H32N2O7.ClH/c1-18(38-2)22-11-14-26(34)24(16-22)28(35)19-5-7-21(8-6-19)30(37)39-27-4-3-15-31-17-25(27)32-29(36)20-9-12-23(33)13-10-20;/h5-14,16,18,25,27,31,33-34H,3-4,15,17H2,1-2H3,(H,32,36);1H/t18?,25-,27-;/m1./s1. The summed E-state index contributed by atoms with van der Waals surface area (Å²) in [4.78, 5) is 38.8. The number of nitrogens with one attached hydrogen (secondary N) is 2. The molecule has 40 heavy (non-hydrogen) atoms. The first-order valence-corrected chi connectivity index (χ1v) is 12.8. The average molecular weight is 569 g/mol. The fourth-order valence-electron chi connectivity index (χ4n) is 4.41. The van der Waals surface area contributed by atoms with Crippen LogP contribution < -0.4 is 10.6 Å². The molecule has 1 aliphatic heterocycles. The van der Waals surface area contributed by atoms with E-state index >= 15 is 0 Å². The molecule has 4 N–H and O–H groups in total. The molecular weight excluding hydrogens is 536 g/mol. The summed E-state index contributed by atoms with van der Waals surface area (Å²) in [5, 5.41) is 25.9. The third-order valence-electron chi connectivity index (χ3n) is 6.83. The molecule has 0 spiro atoms. The van der Waals surface area contributed by atoms with Gasteiger partial charge in [-0.2, -0.15) is 0 Å². The molecule has 3 aromatic carbocycles. The van der Waals surface area contributed by atoms with Crippen molar-refractivity contribution in [2.24, 2.45) is 0 Å². The summed E-state index contributed by atoms with van der Waals surface area (Å²) in [5.41, 5.74) is 1.85. The molecule has 1 fully saturated rings. The number of ketones is 1. The van der Waals surface area contributed by atoms with E-state index in [1.807, 2.05) is 6.92 Å². The van der Waals surface area contributed by atoms with Gasteiger partial charge in [-0.1, -0.05) is 18.2 Å². The molecule has 1 unspecified atom stereocenters. The molecule has 3 aromatic rings. The Labute approximate surface area is 238 Å². The highest BCUT2D eigenvalue weighted by molar-refractivity contribution is 6.11. The minimum Gasteiger partial charge on any atom is -0.508 e. The van der Waals surface area contributed by atoms with Crippen LogP contribution >= 0.6 is 12.4 Å². The van der Waals surface area contributed by atoms with Crippen LogP contribution in [0.25, 0.3) is 0 Å². The fourth-order valence-corrected chi connectivity index (χ4v) is 4.41. The zero-order valence-electron chi connectivity index (χ0n) is 22.3. The summed E-state index contributed by atoms with van der Waals surface area (Å²) in [7, 11) is 1.56. The van der Waals surface area contributed by atoms with Gasteiger partial charge in [-0.15, -0.1) is 12.4 Å². The monoisotopic (exact) mass is 568 g/mol. The first-order valence-electron chi connectivity index (χ1n) is 12.8. The van der Waals surface area contributed by atoms with Gasteiger partial charge < -0.3 is 30.3 Å². The Morgan fingerprint density at radius 1 is 0.950 bits per heavy atom. The van der Waals surface area contributed by atoms with Crippen LogP contribution in [-0.2, 0) is 9.47 Å². The number of phenols is 2. The number of ether oxygens (including phenoxy) is 2. The van der Waals surface area contributed by atoms with Crippen LogP contribution in [0.5, 0.6) is 11.5 Å². The van der Waals surface area contributed by atoms with Gasteiger partial charge in [0.05, 0.1) is 23.3 Å². The number of amides is 1. The molecule has 0 radical (unpaired) electrons. The first-order chi connectivity index (χ1) is 18.8. The summed E-state index contributed by atoms with van der Waals surface area (Å²) in [6.45, 7) is 3.00. The Morgan fingerprint density at radius 3 is 2.27 bits per heavy atom. The summed E-state index contributed by atoms with van der Waals surface area (Å²) < 4.78 is 11.1.